The lowest BCUT2D eigenvalue weighted by Gasteiger charge is -2.09. The van der Waals surface area contributed by atoms with E-state index in [2.05, 4.69) is 4.98 Å². The number of carboxylic acid groups (broad SMARTS) is 1. The van der Waals surface area contributed by atoms with Crippen molar-refractivity contribution in [3.63, 3.8) is 0 Å². The number of amides is 1. The predicted octanol–water partition coefficient (Wildman–Crippen LogP) is 3.11. The highest BCUT2D eigenvalue weighted by atomic mass is 16.5. The molecular weight excluding hydrogens is 370 g/mol. The van der Waals surface area contributed by atoms with Crippen LogP contribution in [-0.2, 0) is 11.3 Å². The molecule has 0 spiro atoms. The monoisotopic (exact) mass is 389 g/mol. The topological polar surface area (TPSA) is 107 Å². The third kappa shape index (κ3) is 3.38. The molecule has 4 aromatic rings. The minimum absolute atomic E-state index is 0.297. The maximum Gasteiger partial charge on any atom is 0.341 e. The average Bonchev–Trinajstić information content (AvgIpc) is 3.02. The Morgan fingerprint density at radius 3 is 2.52 bits per heavy atom. The maximum absolute atomic E-state index is 12.1. The van der Waals surface area contributed by atoms with Crippen LogP contribution in [0.1, 0.15) is 21.5 Å². The summed E-state index contributed by atoms with van der Waals surface area (Å²) in [6, 6.07) is 13.5. The molecule has 2 aromatic carbocycles. The number of ether oxygens (including phenoxy) is 1. The van der Waals surface area contributed by atoms with Crippen molar-refractivity contribution in [2.45, 2.75) is 13.5 Å². The fourth-order valence-electron chi connectivity index (χ4n) is 3.55. The fraction of sp³-hybridized carbons (Fsp3) is 0.136. The normalized spacial score (nSPS) is 11.1. The molecule has 0 aliphatic carbocycles. The standard InChI is InChI=1S/C22H19N3O4/c1-13-5-7-14(8-6-13)11-25-16-4-2-3-15(22(23)28)20(16)21-17(25)9-24-10-18(21)29-12-19(26)27/h2-10H,11-12H2,1H3,(H2,23,28)(H,26,27). The van der Waals surface area contributed by atoms with E-state index in [9.17, 15) is 9.59 Å². The van der Waals surface area contributed by atoms with Crippen LogP contribution in [0.2, 0.25) is 0 Å². The molecule has 7 nitrogen and oxygen atoms in total. The van der Waals surface area contributed by atoms with Gasteiger partial charge in [-0.2, -0.15) is 0 Å². The number of hydrogen-bond acceptors (Lipinski definition) is 4. The first-order valence-electron chi connectivity index (χ1n) is 9.04. The van der Waals surface area contributed by atoms with Crippen LogP contribution in [-0.4, -0.2) is 33.1 Å². The summed E-state index contributed by atoms with van der Waals surface area (Å²) in [6.07, 6.45) is 3.14. The van der Waals surface area contributed by atoms with Crippen molar-refractivity contribution in [2.75, 3.05) is 6.61 Å². The minimum atomic E-state index is -1.10. The molecule has 2 heterocycles. The maximum atomic E-state index is 12.1. The number of nitrogens with two attached hydrogens (primary N) is 1. The van der Waals surface area contributed by atoms with Crippen LogP contribution in [0.4, 0.5) is 0 Å². The molecule has 29 heavy (non-hydrogen) atoms. The molecule has 0 saturated heterocycles. The van der Waals surface area contributed by atoms with E-state index in [1.807, 2.05) is 41.8 Å². The Labute approximate surface area is 166 Å². The summed E-state index contributed by atoms with van der Waals surface area (Å²) in [7, 11) is 0. The van der Waals surface area contributed by atoms with Crippen LogP contribution < -0.4 is 10.5 Å². The van der Waals surface area contributed by atoms with Gasteiger partial charge >= 0.3 is 5.97 Å². The number of hydrogen-bond donors (Lipinski definition) is 2. The minimum Gasteiger partial charge on any atom is -0.480 e. The molecule has 4 rings (SSSR count). The number of nitrogens with zero attached hydrogens (tertiary/aromatic N) is 2. The van der Waals surface area contributed by atoms with Gasteiger partial charge in [-0.1, -0.05) is 35.9 Å². The van der Waals surface area contributed by atoms with Crippen LogP contribution >= 0.6 is 0 Å². The van der Waals surface area contributed by atoms with Crippen molar-refractivity contribution in [2.24, 2.45) is 5.73 Å². The molecule has 7 heteroatoms. The van der Waals surface area contributed by atoms with Gasteiger partial charge in [-0.15, -0.1) is 0 Å². The Morgan fingerprint density at radius 2 is 1.83 bits per heavy atom. The molecule has 0 bridgehead atoms. The number of carbonyl (C=O) groups excluding carboxylic acids is 1. The number of aromatic nitrogens is 2. The smallest absolute Gasteiger partial charge is 0.341 e. The van der Waals surface area contributed by atoms with Crippen molar-refractivity contribution in [1.82, 2.24) is 9.55 Å². The van der Waals surface area contributed by atoms with Crippen LogP contribution in [0.15, 0.2) is 54.9 Å². The van der Waals surface area contributed by atoms with E-state index < -0.39 is 18.5 Å². The first kappa shape index (κ1) is 18.5. The molecule has 0 atom stereocenters. The molecule has 0 saturated carbocycles. The molecular formula is C22H19N3O4. The first-order chi connectivity index (χ1) is 14.0. The van der Waals surface area contributed by atoms with Crippen molar-refractivity contribution in [3.8, 4) is 5.75 Å². The van der Waals surface area contributed by atoms with Gasteiger partial charge in [-0.05, 0) is 24.6 Å². The molecule has 0 fully saturated rings. The molecule has 2 aromatic heterocycles. The zero-order chi connectivity index (χ0) is 20.5. The van der Waals surface area contributed by atoms with Gasteiger partial charge in [0.1, 0.15) is 5.75 Å². The second kappa shape index (κ2) is 7.27. The van der Waals surface area contributed by atoms with Gasteiger partial charge in [0.25, 0.3) is 0 Å². The number of carbonyl (C=O) groups is 2. The highest BCUT2D eigenvalue weighted by Crippen LogP contribution is 2.37. The lowest BCUT2D eigenvalue weighted by molar-refractivity contribution is -0.139. The Balaban J connectivity index is 2.00. The van der Waals surface area contributed by atoms with Gasteiger partial charge in [-0.25, -0.2) is 4.79 Å². The Kier molecular flexibility index (Phi) is 4.64. The van der Waals surface area contributed by atoms with Crippen LogP contribution in [0, 0.1) is 6.92 Å². The number of aliphatic carboxylic acids is 1. The Hall–Kier alpha value is -3.87. The average molecular weight is 389 g/mol. The van der Waals surface area contributed by atoms with Crippen molar-refractivity contribution in [1.29, 1.82) is 0 Å². The number of rotatable bonds is 6. The number of benzene rings is 2. The summed E-state index contributed by atoms with van der Waals surface area (Å²) >= 11 is 0. The summed E-state index contributed by atoms with van der Waals surface area (Å²) in [4.78, 5) is 27.3. The SMILES string of the molecule is Cc1ccc(Cn2c3cncc(OCC(=O)O)c3c3c(C(N)=O)cccc32)cc1. The number of carboxylic acids is 1. The fourth-order valence-corrected chi connectivity index (χ4v) is 3.55. The van der Waals surface area contributed by atoms with Gasteiger partial charge in [0.05, 0.1) is 28.8 Å². The van der Waals surface area contributed by atoms with E-state index in [0.717, 1.165) is 22.2 Å². The largest absolute Gasteiger partial charge is 0.480 e. The number of fused-ring (bicyclic) bond motifs is 3. The van der Waals surface area contributed by atoms with Gasteiger partial charge in [-0.3, -0.25) is 9.78 Å². The summed E-state index contributed by atoms with van der Waals surface area (Å²) in [5, 5.41) is 10.3. The molecule has 0 aliphatic heterocycles. The van der Waals surface area contributed by atoms with Crippen molar-refractivity contribution >= 4 is 33.7 Å². The van der Waals surface area contributed by atoms with Crippen LogP contribution in [0.3, 0.4) is 0 Å². The van der Waals surface area contributed by atoms with E-state index in [1.54, 1.807) is 18.3 Å². The Morgan fingerprint density at radius 1 is 1.07 bits per heavy atom. The highest BCUT2D eigenvalue weighted by molar-refractivity contribution is 6.19. The summed E-state index contributed by atoms with van der Waals surface area (Å²) < 4.78 is 7.51. The molecule has 0 radical (unpaired) electrons. The molecule has 0 aliphatic rings. The van der Waals surface area contributed by atoms with Crippen molar-refractivity contribution < 1.29 is 19.4 Å². The second-order valence-electron chi connectivity index (χ2n) is 6.85. The summed E-state index contributed by atoms with van der Waals surface area (Å²) in [5.41, 5.74) is 9.75. The molecule has 3 N–H and O–H groups in total. The lowest BCUT2D eigenvalue weighted by Crippen LogP contribution is -2.11. The number of pyridine rings is 1. The molecule has 0 unspecified atom stereocenters. The number of primary amides is 1. The number of aryl methyl sites for hydroxylation is 1. The van der Waals surface area contributed by atoms with E-state index in [0.29, 0.717) is 28.6 Å². The third-order valence-corrected chi connectivity index (χ3v) is 4.84. The highest BCUT2D eigenvalue weighted by Gasteiger charge is 2.20. The van der Waals surface area contributed by atoms with E-state index in [1.165, 1.54) is 6.20 Å². The van der Waals surface area contributed by atoms with E-state index in [-0.39, 0.29) is 0 Å². The first-order valence-corrected chi connectivity index (χ1v) is 9.04. The van der Waals surface area contributed by atoms with Gasteiger partial charge in [0, 0.05) is 17.5 Å². The van der Waals surface area contributed by atoms with Gasteiger partial charge in [0.15, 0.2) is 6.61 Å². The van der Waals surface area contributed by atoms with Gasteiger partial charge < -0.3 is 20.1 Å². The third-order valence-electron chi connectivity index (χ3n) is 4.84. The zero-order valence-corrected chi connectivity index (χ0v) is 15.8. The van der Waals surface area contributed by atoms with Crippen LogP contribution in [0.25, 0.3) is 21.8 Å². The summed E-state index contributed by atoms with van der Waals surface area (Å²) in [6.45, 7) is 2.07. The second-order valence-corrected chi connectivity index (χ2v) is 6.85. The molecule has 1 amide bonds. The van der Waals surface area contributed by atoms with Gasteiger partial charge in [0.2, 0.25) is 5.91 Å². The lowest BCUT2D eigenvalue weighted by atomic mass is 10.1. The Bertz CT molecular complexity index is 1240. The molecule has 146 valence electrons. The van der Waals surface area contributed by atoms with E-state index >= 15 is 0 Å². The van der Waals surface area contributed by atoms with E-state index in [4.69, 9.17) is 15.6 Å². The summed E-state index contributed by atoms with van der Waals surface area (Å²) in [5.74, 6) is -1.36. The van der Waals surface area contributed by atoms with Crippen molar-refractivity contribution in [3.05, 3.63) is 71.5 Å². The van der Waals surface area contributed by atoms with Crippen LogP contribution in [0.5, 0.6) is 5.75 Å². The quantitative estimate of drug-likeness (QED) is 0.527. The zero-order valence-electron chi connectivity index (χ0n) is 15.8. The predicted molar refractivity (Wildman–Crippen MR) is 109 cm³/mol.